The largest absolute Gasteiger partial charge is 0.433 e. The Morgan fingerprint density at radius 1 is 1.33 bits per heavy atom. The Kier molecular flexibility index (Phi) is 4.67. The maximum atomic E-state index is 12.6. The number of aliphatic hydroxyl groups is 2. The van der Waals surface area contributed by atoms with Crippen LogP contribution in [-0.4, -0.2) is 52.7 Å². The third-order valence-electron chi connectivity index (χ3n) is 3.24. The second-order valence-electron chi connectivity index (χ2n) is 4.75. The van der Waals surface area contributed by atoms with E-state index < -0.39 is 36.2 Å². The first-order valence-electron chi connectivity index (χ1n) is 6.31. The minimum absolute atomic E-state index is 0.00197. The fourth-order valence-corrected chi connectivity index (χ4v) is 2.08. The van der Waals surface area contributed by atoms with E-state index in [9.17, 15) is 23.4 Å². The SMILES string of the molecule is NC[C@H]1OC[C@H](Nc2cccc(C(F)(F)F)n2)[C@@H](O)[C@H]1O. The van der Waals surface area contributed by atoms with Crippen molar-refractivity contribution in [1.82, 2.24) is 4.98 Å². The van der Waals surface area contributed by atoms with Crippen molar-refractivity contribution in [2.24, 2.45) is 5.73 Å². The predicted molar refractivity (Wildman–Crippen MR) is 67.5 cm³/mol. The molecule has 0 radical (unpaired) electrons. The van der Waals surface area contributed by atoms with Crippen LogP contribution < -0.4 is 11.1 Å². The number of nitrogens with zero attached hydrogens (tertiary/aromatic N) is 1. The van der Waals surface area contributed by atoms with Gasteiger partial charge in [-0.1, -0.05) is 6.07 Å². The summed E-state index contributed by atoms with van der Waals surface area (Å²) in [6.07, 6.45) is -7.69. The van der Waals surface area contributed by atoms with Crippen molar-refractivity contribution >= 4 is 5.82 Å². The van der Waals surface area contributed by atoms with Gasteiger partial charge in [0, 0.05) is 6.54 Å². The van der Waals surface area contributed by atoms with E-state index in [4.69, 9.17) is 10.5 Å². The van der Waals surface area contributed by atoms with Crippen LogP contribution in [-0.2, 0) is 10.9 Å². The van der Waals surface area contributed by atoms with Gasteiger partial charge in [0.2, 0.25) is 0 Å². The Labute approximate surface area is 118 Å². The van der Waals surface area contributed by atoms with E-state index in [1.807, 2.05) is 0 Å². The van der Waals surface area contributed by atoms with Crippen LogP contribution in [0.2, 0.25) is 0 Å². The van der Waals surface area contributed by atoms with Gasteiger partial charge in [0.25, 0.3) is 0 Å². The van der Waals surface area contributed by atoms with Gasteiger partial charge in [-0.15, -0.1) is 0 Å². The summed E-state index contributed by atoms with van der Waals surface area (Å²) in [6.45, 7) is 0.0325. The monoisotopic (exact) mass is 307 g/mol. The second kappa shape index (κ2) is 6.14. The Morgan fingerprint density at radius 2 is 2.05 bits per heavy atom. The number of rotatable bonds is 3. The van der Waals surface area contributed by atoms with E-state index in [1.54, 1.807) is 0 Å². The molecule has 4 atom stereocenters. The van der Waals surface area contributed by atoms with Crippen LogP contribution >= 0.6 is 0 Å². The molecule has 9 heteroatoms. The smallest absolute Gasteiger partial charge is 0.388 e. The summed E-state index contributed by atoms with van der Waals surface area (Å²) in [7, 11) is 0. The van der Waals surface area contributed by atoms with Gasteiger partial charge in [-0.25, -0.2) is 4.98 Å². The lowest BCUT2D eigenvalue weighted by Crippen LogP contribution is -2.57. The first-order chi connectivity index (χ1) is 9.82. The molecule has 1 fully saturated rings. The molecule has 2 rings (SSSR count). The van der Waals surface area contributed by atoms with Crippen molar-refractivity contribution in [3.05, 3.63) is 23.9 Å². The van der Waals surface area contributed by atoms with Crippen molar-refractivity contribution < 1.29 is 28.1 Å². The van der Waals surface area contributed by atoms with E-state index in [2.05, 4.69) is 10.3 Å². The standard InChI is InChI=1S/C12H16F3N3O3/c13-12(14,15)8-2-1-3-9(18-8)17-6-5-21-7(4-16)11(20)10(6)19/h1-3,6-7,10-11,19-20H,4-5,16H2,(H,17,18)/t6-,7+,10+,11-/m0/s1. The normalized spacial score (nSPS) is 30.2. The zero-order valence-electron chi connectivity index (χ0n) is 10.9. The molecule has 0 bridgehead atoms. The van der Waals surface area contributed by atoms with Crippen LogP contribution in [0.5, 0.6) is 0 Å². The topological polar surface area (TPSA) is 101 Å². The maximum Gasteiger partial charge on any atom is 0.433 e. The fraction of sp³-hybridized carbons (Fsp3) is 0.583. The van der Waals surface area contributed by atoms with Gasteiger partial charge in [-0.2, -0.15) is 13.2 Å². The molecule has 0 amide bonds. The van der Waals surface area contributed by atoms with Crippen LogP contribution in [0, 0.1) is 0 Å². The zero-order valence-corrected chi connectivity index (χ0v) is 10.9. The van der Waals surface area contributed by atoms with Gasteiger partial charge in [0.1, 0.15) is 23.7 Å². The second-order valence-corrected chi connectivity index (χ2v) is 4.75. The highest BCUT2D eigenvalue weighted by molar-refractivity contribution is 5.37. The van der Waals surface area contributed by atoms with Crippen LogP contribution in [0.4, 0.5) is 19.0 Å². The van der Waals surface area contributed by atoms with E-state index in [1.165, 1.54) is 12.1 Å². The highest BCUT2D eigenvalue weighted by atomic mass is 19.4. The zero-order chi connectivity index (χ0) is 15.6. The first kappa shape index (κ1) is 16.0. The molecule has 0 aliphatic carbocycles. The van der Waals surface area contributed by atoms with E-state index in [-0.39, 0.29) is 19.0 Å². The lowest BCUT2D eigenvalue weighted by atomic mass is 9.98. The number of aliphatic hydroxyl groups excluding tert-OH is 2. The number of aromatic nitrogens is 1. The molecule has 1 aliphatic heterocycles. The van der Waals surface area contributed by atoms with Crippen molar-refractivity contribution in [3.8, 4) is 0 Å². The number of ether oxygens (including phenoxy) is 1. The van der Waals surface area contributed by atoms with Crippen LogP contribution in [0.15, 0.2) is 18.2 Å². The number of hydrogen-bond acceptors (Lipinski definition) is 6. The van der Waals surface area contributed by atoms with Crippen molar-refractivity contribution in [1.29, 1.82) is 0 Å². The molecule has 5 N–H and O–H groups in total. The lowest BCUT2D eigenvalue weighted by molar-refractivity contribution is -0.141. The minimum atomic E-state index is -4.55. The maximum absolute atomic E-state index is 12.6. The lowest BCUT2D eigenvalue weighted by Gasteiger charge is -2.37. The molecule has 21 heavy (non-hydrogen) atoms. The molecule has 1 saturated heterocycles. The van der Waals surface area contributed by atoms with E-state index >= 15 is 0 Å². The molecule has 0 aromatic carbocycles. The quantitative estimate of drug-likeness (QED) is 0.625. The molecule has 0 unspecified atom stereocenters. The predicted octanol–water partition coefficient (Wildman–Crippen LogP) is -0.0398. The average Bonchev–Trinajstić information content (AvgIpc) is 2.44. The summed E-state index contributed by atoms with van der Waals surface area (Å²) < 4.78 is 42.9. The molecule has 1 aromatic rings. The minimum Gasteiger partial charge on any atom is -0.388 e. The number of halogens is 3. The Hall–Kier alpha value is -1.42. The summed E-state index contributed by atoms with van der Waals surface area (Å²) in [5.41, 5.74) is 4.33. The molecular weight excluding hydrogens is 291 g/mol. The molecule has 0 spiro atoms. The Morgan fingerprint density at radius 3 is 2.67 bits per heavy atom. The highest BCUT2D eigenvalue weighted by Gasteiger charge is 2.38. The molecule has 2 heterocycles. The highest BCUT2D eigenvalue weighted by Crippen LogP contribution is 2.28. The van der Waals surface area contributed by atoms with Gasteiger partial charge < -0.3 is 26.0 Å². The fourth-order valence-electron chi connectivity index (χ4n) is 2.08. The van der Waals surface area contributed by atoms with Crippen molar-refractivity contribution in [2.45, 2.75) is 30.5 Å². The summed E-state index contributed by atoms with van der Waals surface area (Å²) in [5, 5.41) is 22.3. The van der Waals surface area contributed by atoms with Gasteiger partial charge >= 0.3 is 6.18 Å². The Balaban J connectivity index is 2.08. The summed E-state index contributed by atoms with van der Waals surface area (Å²) >= 11 is 0. The summed E-state index contributed by atoms with van der Waals surface area (Å²) in [6, 6.07) is 2.61. The summed E-state index contributed by atoms with van der Waals surface area (Å²) in [4.78, 5) is 3.43. The number of nitrogens with one attached hydrogen (secondary N) is 1. The van der Waals surface area contributed by atoms with Gasteiger partial charge in [0.15, 0.2) is 0 Å². The Bertz CT molecular complexity index is 486. The third-order valence-corrected chi connectivity index (χ3v) is 3.24. The number of hydrogen-bond donors (Lipinski definition) is 4. The molecule has 118 valence electrons. The number of pyridine rings is 1. The van der Waals surface area contributed by atoms with Crippen LogP contribution in [0.25, 0.3) is 0 Å². The number of nitrogens with two attached hydrogens (primary N) is 1. The third kappa shape index (κ3) is 3.62. The van der Waals surface area contributed by atoms with E-state index in [0.717, 1.165) is 6.07 Å². The van der Waals surface area contributed by atoms with E-state index in [0.29, 0.717) is 0 Å². The van der Waals surface area contributed by atoms with Gasteiger partial charge in [-0.05, 0) is 12.1 Å². The molecule has 0 saturated carbocycles. The van der Waals surface area contributed by atoms with Gasteiger partial charge in [-0.3, -0.25) is 0 Å². The van der Waals surface area contributed by atoms with Crippen LogP contribution in [0.1, 0.15) is 5.69 Å². The number of alkyl halides is 3. The molecule has 6 nitrogen and oxygen atoms in total. The first-order valence-corrected chi connectivity index (χ1v) is 6.31. The average molecular weight is 307 g/mol. The van der Waals surface area contributed by atoms with Crippen molar-refractivity contribution in [3.63, 3.8) is 0 Å². The van der Waals surface area contributed by atoms with Crippen LogP contribution in [0.3, 0.4) is 0 Å². The molecule has 1 aromatic heterocycles. The van der Waals surface area contributed by atoms with Gasteiger partial charge in [0.05, 0.1) is 18.8 Å². The van der Waals surface area contributed by atoms with Crippen molar-refractivity contribution in [2.75, 3.05) is 18.5 Å². The molecule has 1 aliphatic rings. The number of anilines is 1. The summed E-state index contributed by atoms with van der Waals surface area (Å²) in [5.74, 6) is -0.0594. The molecular formula is C12H16F3N3O3.